The molecule has 13 heavy (non-hydrogen) atoms. The molecule has 1 nitrogen and oxygen atoms in total. The van der Waals surface area contributed by atoms with Gasteiger partial charge in [-0.25, -0.2) is 0 Å². The molecule has 1 rings (SSSR count). The Kier molecular flexibility index (Phi) is 5.03. The van der Waals surface area contributed by atoms with Crippen LogP contribution < -0.4 is 0 Å². The zero-order valence-corrected chi connectivity index (χ0v) is 11.0. The van der Waals surface area contributed by atoms with Crippen LogP contribution in [0.1, 0.15) is 52.4 Å². The molecule has 0 radical (unpaired) electrons. The Morgan fingerprint density at radius 3 is 2.38 bits per heavy atom. The van der Waals surface area contributed by atoms with E-state index in [1.54, 1.807) is 0 Å². The quantitative estimate of drug-likeness (QED) is 0.629. The van der Waals surface area contributed by atoms with Crippen LogP contribution in [0.25, 0.3) is 0 Å². The highest BCUT2D eigenvalue weighted by Crippen LogP contribution is 2.24. The van der Waals surface area contributed by atoms with Gasteiger partial charge in [-0.05, 0) is 25.3 Å². The summed E-state index contributed by atoms with van der Waals surface area (Å²) in [5, 5.41) is 0. The fraction of sp³-hybridized carbons (Fsp3) is 1.00. The standard InChI is InChI=1S/C11H25NSi/c1-4-10(2)12(13-3)11-8-6-5-7-9-11/h10-11H,4-9,13H2,1-3H3. The lowest BCUT2D eigenvalue weighted by Gasteiger charge is -2.37. The molecule has 1 fully saturated rings. The van der Waals surface area contributed by atoms with E-state index in [2.05, 4.69) is 25.0 Å². The summed E-state index contributed by atoms with van der Waals surface area (Å²) in [6, 6.07) is 1.81. The second-order valence-corrected chi connectivity index (χ2v) is 5.74. The predicted octanol–water partition coefficient (Wildman–Crippen LogP) is 2.55. The zero-order chi connectivity index (χ0) is 9.68. The van der Waals surface area contributed by atoms with Crippen molar-refractivity contribution in [1.29, 1.82) is 0 Å². The van der Waals surface area contributed by atoms with Crippen LogP contribution in [0, 0.1) is 0 Å². The highest BCUT2D eigenvalue weighted by molar-refractivity contribution is 6.30. The van der Waals surface area contributed by atoms with Crippen molar-refractivity contribution in [2.75, 3.05) is 0 Å². The monoisotopic (exact) mass is 199 g/mol. The molecule has 0 bridgehead atoms. The first-order valence-corrected chi connectivity index (χ1v) is 8.10. The normalized spacial score (nSPS) is 23.1. The van der Waals surface area contributed by atoms with Gasteiger partial charge in [0.1, 0.15) is 0 Å². The number of hydrogen-bond donors (Lipinski definition) is 0. The maximum Gasteiger partial charge on any atom is 0.0926 e. The maximum atomic E-state index is 2.85. The second kappa shape index (κ2) is 5.81. The van der Waals surface area contributed by atoms with Gasteiger partial charge in [-0.3, -0.25) is 0 Å². The summed E-state index contributed by atoms with van der Waals surface area (Å²) in [5.41, 5.74) is 0. The van der Waals surface area contributed by atoms with Gasteiger partial charge in [0.15, 0.2) is 0 Å². The minimum Gasteiger partial charge on any atom is -0.324 e. The third kappa shape index (κ3) is 3.10. The van der Waals surface area contributed by atoms with Crippen LogP contribution in [0.4, 0.5) is 0 Å². The number of nitrogens with zero attached hydrogens (tertiary/aromatic N) is 1. The van der Waals surface area contributed by atoms with Crippen molar-refractivity contribution in [3.63, 3.8) is 0 Å². The summed E-state index contributed by atoms with van der Waals surface area (Å²) in [6.45, 7) is 7.18. The molecular weight excluding hydrogens is 174 g/mol. The third-order valence-electron chi connectivity index (χ3n) is 3.57. The smallest absolute Gasteiger partial charge is 0.0926 e. The molecule has 0 aromatic carbocycles. The van der Waals surface area contributed by atoms with E-state index in [1.807, 2.05) is 0 Å². The van der Waals surface area contributed by atoms with Crippen molar-refractivity contribution in [1.82, 2.24) is 4.57 Å². The molecule has 1 aliphatic rings. The fourth-order valence-corrected chi connectivity index (χ4v) is 4.34. The lowest BCUT2D eigenvalue weighted by atomic mass is 9.95. The van der Waals surface area contributed by atoms with Crippen LogP contribution in [0.5, 0.6) is 0 Å². The molecule has 0 amide bonds. The van der Waals surface area contributed by atoms with Gasteiger partial charge in [0.25, 0.3) is 0 Å². The first-order chi connectivity index (χ1) is 6.29. The first kappa shape index (κ1) is 11.3. The van der Waals surface area contributed by atoms with E-state index in [-0.39, 0.29) is 9.68 Å². The Morgan fingerprint density at radius 1 is 1.31 bits per heavy atom. The van der Waals surface area contributed by atoms with E-state index < -0.39 is 0 Å². The van der Waals surface area contributed by atoms with Gasteiger partial charge in [-0.2, -0.15) is 0 Å². The molecule has 0 aliphatic heterocycles. The SMILES string of the molecule is CCC(C)N([SiH2]C)C1CCCCC1. The molecule has 1 atom stereocenters. The Labute approximate surface area is 85.8 Å². The summed E-state index contributed by atoms with van der Waals surface area (Å²) >= 11 is 0. The molecule has 1 unspecified atom stereocenters. The van der Waals surface area contributed by atoms with Crippen LogP contribution in [0.15, 0.2) is 0 Å². The summed E-state index contributed by atoms with van der Waals surface area (Å²) in [6.07, 6.45) is 8.72. The average molecular weight is 199 g/mol. The topological polar surface area (TPSA) is 3.24 Å². The largest absolute Gasteiger partial charge is 0.324 e. The highest BCUT2D eigenvalue weighted by Gasteiger charge is 2.22. The van der Waals surface area contributed by atoms with Crippen molar-refractivity contribution in [3.8, 4) is 0 Å². The molecular formula is C11H25NSi. The van der Waals surface area contributed by atoms with Gasteiger partial charge < -0.3 is 4.57 Å². The molecule has 1 aliphatic carbocycles. The lowest BCUT2D eigenvalue weighted by molar-refractivity contribution is 0.210. The predicted molar refractivity (Wildman–Crippen MR) is 62.9 cm³/mol. The first-order valence-electron chi connectivity index (χ1n) is 6.05. The zero-order valence-electron chi connectivity index (χ0n) is 9.55. The Balaban J connectivity index is 2.43. The maximum absolute atomic E-state index is 2.85. The summed E-state index contributed by atoms with van der Waals surface area (Å²) in [4.78, 5) is 0. The third-order valence-corrected chi connectivity index (χ3v) is 5.44. The summed E-state index contributed by atoms with van der Waals surface area (Å²) < 4.78 is 2.85. The minimum atomic E-state index is 0.0580. The van der Waals surface area contributed by atoms with Gasteiger partial charge in [0.2, 0.25) is 0 Å². The van der Waals surface area contributed by atoms with E-state index in [9.17, 15) is 0 Å². The van der Waals surface area contributed by atoms with E-state index in [4.69, 9.17) is 0 Å². The summed E-state index contributed by atoms with van der Waals surface area (Å²) in [5.74, 6) is 0. The molecule has 0 aromatic rings. The molecule has 0 aromatic heterocycles. The average Bonchev–Trinajstić information content (AvgIpc) is 2.20. The van der Waals surface area contributed by atoms with Crippen LogP contribution in [-0.2, 0) is 0 Å². The highest BCUT2D eigenvalue weighted by atomic mass is 28.2. The fourth-order valence-electron chi connectivity index (χ4n) is 2.58. The van der Waals surface area contributed by atoms with Gasteiger partial charge >= 0.3 is 0 Å². The molecule has 0 saturated heterocycles. The van der Waals surface area contributed by atoms with Crippen LogP contribution in [0.2, 0.25) is 6.55 Å². The van der Waals surface area contributed by atoms with Crippen molar-refractivity contribution in [2.45, 2.75) is 71.0 Å². The molecule has 0 spiro atoms. The molecule has 2 heteroatoms. The van der Waals surface area contributed by atoms with E-state index in [0.717, 1.165) is 12.1 Å². The van der Waals surface area contributed by atoms with E-state index in [1.165, 1.54) is 38.5 Å². The van der Waals surface area contributed by atoms with Gasteiger partial charge in [-0.15, -0.1) is 0 Å². The molecule has 0 N–H and O–H groups in total. The van der Waals surface area contributed by atoms with E-state index in [0.29, 0.717) is 0 Å². The van der Waals surface area contributed by atoms with Crippen molar-refractivity contribution < 1.29 is 0 Å². The van der Waals surface area contributed by atoms with Crippen molar-refractivity contribution in [2.24, 2.45) is 0 Å². The van der Waals surface area contributed by atoms with Crippen molar-refractivity contribution >= 4 is 9.68 Å². The molecule has 0 heterocycles. The van der Waals surface area contributed by atoms with Gasteiger partial charge in [0.05, 0.1) is 9.68 Å². The lowest BCUT2D eigenvalue weighted by Crippen LogP contribution is -2.44. The van der Waals surface area contributed by atoms with Crippen LogP contribution >= 0.6 is 0 Å². The van der Waals surface area contributed by atoms with Crippen LogP contribution in [-0.4, -0.2) is 26.3 Å². The Bertz CT molecular complexity index is 132. The van der Waals surface area contributed by atoms with Gasteiger partial charge in [-0.1, -0.05) is 39.7 Å². The van der Waals surface area contributed by atoms with Crippen LogP contribution in [0.3, 0.4) is 0 Å². The summed E-state index contributed by atoms with van der Waals surface area (Å²) in [7, 11) is 0.0580. The molecule has 78 valence electrons. The number of rotatable bonds is 4. The van der Waals surface area contributed by atoms with Crippen molar-refractivity contribution in [3.05, 3.63) is 0 Å². The second-order valence-electron chi connectivity index (χ2n) is 4.38. The minimum absolute atomic E-state index is 0.0580. The van der Waals surface area contributed by atoms with Gasteiger partial charge in [0, 0.05) is 6.04 Å². The van der Waals surface area contributed by atoms with E-state index >= 15 is 0 Å². The molecule has 1 saturated carbocycles. The number of hydrogen-bond acceptors (Lipinski definition) is 1. The Morgan fingerprint density at radius 2 is 1.92 bits per heavy atom. The Hall–Kier alpha value is 0.177.